The molecular weight excluding hydrogens is 450 g/mol. The van der Waals surface area contributed by atoms with Crippen LogP contribution in [-0.2, 0) is 4.74 Å². The van der Waals surface area contributed by atoms with Gasteiger partial charge >= 0.3 is 6.09 Å². The van der Waals surface area contributed by atoms with Crippen molar-refractivity contribution < 1.29 is 19.1 Å². The van der Waals surface area contributed by atoms with E-state index in [0.29, 0.717) is 47.9 Å². The van der Waals surface area contributed by atoms with Gasteiger partial charge in [0.2, 0.25) is 0 Å². The molecule has 1 aromatic heterocycles. The van der Waals surface area contributed by atoms with E-state index in [-0.39, 0.29) is 18.1 Å². The van der Waals surface area contributed by atoms with Gasteiger partial charge in [-0.05, 0) is 50.3 Å². The Balaban J connectivity index is 1.42. The van der Waals surface area contributed by atoms with Crippen LogP contribution in [0.1, 0.15) is 36.4 Å². The number of hydrogen-bond acceptors (Lipinski definition) is 6. The van der Waals surface area contributed by atoms with E-state index in [1.54, 1.807) is 9.80 Å². The molecule has 32 heavy (non-hydrogen) atoms. The minimum absolute atomic E-state index is 0.0182. The van der Waals surface area contributed by atoms with Crippen molar-refractivity contribution in [3.8, 4) is 5.75 Å². The van der Waals surface area contributed by atoms with E-state index in [1.165, 1.54) is 18.4 Å². The number of piperidine rings is 1. The van der Waals surface area contributed by atoms with E-state index < -0.39 is 0 Å². The summed E-state index contributed by atoms with van der Waals surface area (Å²) >= 11 is 7.97. The van der Waals surface area contributed by atoms with Crippen LogP contribution in [0.5, 0.6) is 5.75 Å². The van der Waals surface area contributed by atoms with Crippen molar-refractivity contribution >= 4 is 45.0 Å². The molecule has 0 unspecified atom stereocenters. The first-order valence-electron chi connectivity index (χ1n) is 11.1. The van der Waals surface area contributed by atoms with Gasteiger partial charge < -0.3 is 24.2 Å². The molecule has 4 rings (SSSR count). The number of carbonyl (C=O) groups excluding carboxylic acids is 2. The molecule has 1 aromatic carbocycles. The molecule has 2 saturated heterocycles. The highest BCUT2D eigenvalue weighted by atomic mass is 35.5. The largest absolute Gasteiger partial charge is 0.489 e. The number of nitrogens with zero attached hydrogens (tertiary/aromatic N) is 3. The first-order chi connectivity index (χ1) is 15.4. The Labute approximate surface area is 197 Å². The summed E-state index contributed by atoms with van der Waals surface area (Å²) in [5.41, 5.74) is 0. The fourth-order valence-electron chi connectivity index (χ4n) is 4.30. The van der Waals surface area contributed by atoms with E-state index in [0.717, 1.165) is 36.0 Å². The molecule has 2 amide bonds. The topological polar surface area (TPSA) is 62.3 Å². The molecule has 0 bridgehead atoms. The van der Waals surface area contributed by atoms with Crippen LogP contribution in [0.15, 0.2) is 18.2 Å². The van der Waals surface area contributed by atoms with Crippen LogP contribution in [0, 0.1) is 0 Å². The Kier molecular flexibility index (Phi) is 7.12. The minimum atomic E-state index is -0.351. The van der Waals surface area contributed by atoms with E-state index in [4.69, 9.17) is 21.1 Å². The molecule has 0 saturated carbocycles. The molecule has 0 spiro atoms. The number of amides is 2. The number of fused-ring (bicyclic) bond motifs is 1. The second-order valence-corrected chi connectivity index (χ2v) is 10.1. The van der Waals surface area contributed by atoms with Crippen molar-refractivity contribution in [2.45, 2.75) is 38.8 Å². The molecule has 7 nitrogen and oxygen atoms in total. The average molecular weight is 480 g/mol. The molecule has 0 aliphatic carbocycles. The number of rotatable bonds is 4. The molecule has 0 radical (unpaired) electrons. The maximum absolute atomic E-state index is 13.0. The van der Waals surface area contributed by atoms with Crippen molar-refractivity contribution in [3.05, 3.63) is 28.1 Å². The number of halogens is 1. The number of methoxy groups -OCH3 is 1. The summed E-state index contributed by atoms with van der Waals surface area (Å²) in [6.07, 6.45) is 1.77. The molecule has 9 heteroatoms. The Morgan fingerprint density at radius 3 is 2.31 bits per heavy atom. The van der Waals surface area contributed by atoms with Gasteiger partial charge in [0.05, 0.1) is 17.0 Å². The van der Waals surface area contributed by atoms with Crippen LogP contribution >= 0.6 is 22.9 Å². The van der Waals surface area contributed by atoms with Crippen molar-refractivity contribution in [2.75, 3.05) is 46.4 Å². The fraction of sp³-hybridized carbons (Fsp3) is 0.565. The van der Waals surface area contributed by atoms with Gasteiger partial charge in [-0.15, -0.1) is 11.3 Å². The second kappa shape index (κ2) is 9.85. The first kappa shape index (κ1) is 23.1. The van der Waals surface area contributed by atoms with Gasteiger partial charge in [0, 0.05) is 50.0 Å². The summed E-state index contributed by atoms with van der Waals surface area (Å²) in [5, 5.41) is 1.54. The Morgan fingerprint density at radius 1 is 1.03 bits per heavy atom. The minimum Gasteiger partial charge on any atom is -0.489 e. The number of hydrogen-bond donors (Lipinski definition) is 0. The van der Waals surface area contributed by atoms with Crippen LogP contribution in [-0.4, -0.2) is 85.2 Å². The normalized spacial score (nSPS) is 18.4. The number of piperazine rings is 1. The molecule has 2 aromatic rings. The van der Waals surface area contributed by atoms with E-state index >= 15 is 0 Å². The van der Waals surface area contributed by atoms with Gasteiger partial charge in [-0.25, -0.2) is 4.79 Å². The summed E-state index contributed by atoms with van der Waals surface area (Å²) in [5.74, 6) is 0.668. The second-order valence-electron chi connectivity index (χ2n) is 8.63. The molecule has 2 aliphatic rings. The quantitative estimate of drug-likeness (QED) is 0.653. The lowest BCUT2D eigenvalue weighted by atomic mass is 10.1. The SMILES string of the molecule is COC(=O)N1CCN(C(=O)c2cc3cc(OC4CCN(C(C)C)CC4)c(Cl)cc3s2)CC1. The summed E-state index contributed by atoms with van der Waals surface area (Å²) in [6, 6.07) is 6.32. The monoisotopic (exact) mass is 479 g/mol. The highest BCUT2D eigenvalue weighted by molar-refractivity contribution is 7.20. The highest BCUT2D eigenvalue weighted by Gasteiger charge is 2.27. The third kappa shape index (κ3) is 4.97. The molecule has 2 fully saturated rings. The van der Waals surface area contributed by atoms with Crippen LogP contribution in [0.4, 0.5) is 4.79 Å². The first-order valence-corrected chi connectivity index (χ1v) is 12.3. The number of thiophene rings is 1. The predicted octanol–water partition coefficient (Wildman–Crippen LogP) is 4.33. The van der Waals surface area contributed by atoms with Gasteiger partial charge in [0.25, 0.3) is 5.91 Å². The molecule has 174 valence electrons. The van der Waals surface area contributed by atoms with E-state index in [2.05, 4.69) is 18.7 Å². The number of ether oxygens (including phenoxy) is 2. The number of carbonyl (C=O) groups is 2. The van der Waals surface area contributed by atoms with Crippen molar-refractivity contribution in [2.24, 2.45) is 0 Å². The maximum Gasteiger partial charge on any atom is 0.409 e. The van der Waals surface area contributed by atoms with Gasteiger partial charge in [0.15, 0.2) is 0 Å². The Bertz CT molecular complexity index is 979. The van der Waals surface area contributed by atoms with E-state index in [1.807, 2.05) is 18.2 Å². The van der Waals surface area contributed by atoms with Crippen LogP contribution < -0.4 is 4.74 Å². The standard InChI is InChI=1S/C23H30ClN3O4S/c1-15(2)25-6-4-17(5-7-25)31-19-12-16-13-21(32-20(16)14-18(19)24)22(28)26-8-10-27(11-9-26)23(29)30-3/h12-15,17H,4-11H2,1-3H3. The van der Waals surface area contributed by atoms with Gasteiger partial charge in [-0.1, -0.05) is 11.6 Å². The molecular formula is C23H30ClN3O4S. The van der Waals surface area contributed by atoms with Gasteiger partial charge in [0.1, 0.15) is 11.9 Å². The molecule has 0 atom stereocenters. The van der Waals surface area contributed by atoms with Crippen molar-refractivity contribution in [1.82, 2.24) is 14.7 Å². The summed E-state index contributed by atoms with van der Waals surface area (Å²) in [4.78, 5) is 31.2. The summed E-state index contributed by atoms with van der Waals surface area (Å²) < 4.78 is 12.0. The fourth-order valence-corrected chi connectivity index (χ4v) is 5.63. The average Bonchev–Trinajstić information content (AvgIpc) is 3.21. The van der Waals surface area contributed by atoms with Gasteiger partial charge in [-0.3, -0.25) is 4.79 Å². The van der Waals surface area contributed by atoms with Crippen LogP contribution in [0.3, 0.4) is 0 Å². The van der Waals surface area contributed by atoms with E-state index in [9.17, 15) is 9.59 Å². The maximum atomic E-state index is 13.0. The third-order valence-electron chi connectivity index (χ3n) is 6.28. The summed E-state index contributed by atoms with van der Waals surface area (Å²) in [7, 11) is 1.37. The zero-order chi connectivity index (χ0) is 22.8. The van der Waals surface area contributed by atoms with Crippen molar-refractivity contribution in [3.63, 3.8) is 0 Å². The third-order valence-corrected chi connectivity index (χ3v) is 7.66. The summed E-state index contributed by atoms with van der Waals surface area (Å²) in [6.45, 7) is 8.44. The lowest BCUT2D eigenvalue weighted by Crippen LogP contribution is -2.50. The van der Waals surface area contributed by atoms with Crippen molar-refractivity contribution in [1.29, 1.82) is 0 Å². The number of benzene rings is 1. The predicted molar refractivity (Wildman–Crippen MR) is 127 cm³/mol. The van der Waals surface area contributed by atoms with Crippen LogP contribution in [0.25, 0.3) is 10.1 Å². The number of likely N-dealkylation sites (tertiary alicyclic amines) is 1. The lowest BCUT2D eigenvalue weighted by Gasteiger charge is -2.34. The molecule has 2 aliphatic heterocycles. The zero-order valence-electron chi connectivity index (χ0n) is 18.8. The molecule has 3 heterocycles. The highest BCUT2D eigenvalue weighted by Crippen LogP contribution is 2.36. The molecule has 0 N–H and O–H groups in total. The zero-order valence-corrected chi connectivity index (χ0v) is 20.4. The Hall–Kier alpha value is -2.03. The van der Waals surface area contributed by atoms with Crippen LogP contribution in [0.2, 0.25) is 5.02 Å². The lowest BCUT2D eigenvalue weighted by molar-refractivity contribution is 0.0604. The Morgan fingerprint density at radius 2 is 1.69 bits per heavy atom. The smallest absolute Gasteiger partial charge is 0.409 e. The van der Waals surface area contributed by atoms with Gasteiger partial charge in [-0.2, -0.15) is 0 Å².